The van der Waals surface area contributed by atoms with Gasteiger partial charge in [-0.2, -0.15) is 5.26 Å². The van der Waals surface area contributed by atoms with Crippen LogP contribution in [0.15, 0.2) is 36.4 Å². The van der Waals surface area contributed by atoms with E-state index in [0.717, 1.165) is 0 Å². The van der Waals surface area contributed by atoms with Crippen LogP contribution in [0, 0.1) is 17.1 Å². The molecule has 1 N–H and O–H groups in total. The molecule has 2 aromatic carbocycles. The molecule has 0 spiro atoms. The smallest absolute Gasteiger partial charge is 0.124 e. The van der Waals surface area contributed by atoms with E-state index in [4.69, 9.17) is 21.6 Å². The van der Waals surface area contributed by atoms with Gasteiger partial charge in [-0.15, -0.1) is 0 Å². The third-order valence-electron chi connectivity index (χ3n) is 2.55. The van der Waals surface area contributed by atoms with Crippen LogP contribution in [0.3, 0.4) is 0 Å². The predicted octanol–water partition coefficient (Wildman–Crippen LogP) is 4.10. The van der Waals surface area contributed by atoms with E-state index in [0.29, 0.717) is 22.7 Å². The van der Waals surface area contributed by atoms with Gasteiger partial charge in [0.2, 0.25) is 0 Å². The van der Waals surface area contributed by atoms with Gasteiger partial charge >= 0.3 is 0 Å². The third-order valence-corrected chi connectivity index (χ3v) is 2.86. The van der Waals surface area contributed by atoms with Crippen LogP contribution in [-0.2, 0) is 0 Å². The van der Waals surface area contributed by atoms with Gasteiger partial charge in [0.25, 0.3) is 0 Å². The van der Waals surface area contributed by atoms with Crippen LogP contribution in [0.2, 0.25) is 5.02 Å². The maximum Gasteiger partial charge on any atom is 0.124 e. The first-order valence-corrected chi connectivity index (χ1v) is 5.82. The summed E-state index contributed by atoms with van der Waals surface area (Å²) in [5.74, 6) is 0.196. The van der Waals surface area contributed by atoms with Crippen LogP contribution >= 0.6 is 11.6 Å². The average molecular weight is 277 g/mol. The number of anilines is 2. The lowest BCUT2D eigenvalue weighted by atomic mass is 10.1. The first-order valence-electron chi connectivity index (χ1n) is 5.44. The summed E-state index contributed by atoms with van der Waals surface area (Å²) in [7, 11) is 1.54. The Labute approximate surface area is 115 Å². The Morgan fingerprint density at radius 3 is 2.63 bits per heavy atom. The number of hydrogen-bond acceptors (Lipinski definition) is 3. The maximum atomic E-state index is 13.0. The molecule has 2 rings (SSSR count). The number of rotatable bonds is 3. The van der Waals surface area contributed by atoms with Gasteiger partial charge in [0, 0.05) is 6.07 Å². The molecule has 19 heavy (non-hydrogen) atoms. The van der Waals surface area contributed by atoms with Gasteiger partial charge in [-0.1, -0.05) is 11.6 Å². The minimum Gasteiger partial charge on any atom is -0.497 e. The van der Waals surface area contributed by atoms with Crippen molar-refractivity contribution >= 4 is 23.0 Å². The molecule has 2 aromatic rings. The molecule has 0 heterocycles. The number of ether oxygens (including phenoxy) is 1. The van der Waals surface area contributed by atoms with Crippen molar-refractivity contribution in [2.75, 3.05) is 12.4 Å². The first-order chi connectivity index (χ1) is 9.13. The Balaban J connectivity index is 2.39. The van der Waals surface area contributed by atoms with Gasteiger partial charge in [-0.25, -0.2) is 4.39 Å². The standard InChI is InChI=1S/C14H10ClFN2O/c1-19-11-4-2-9(8-17)14(7-11)18-13-5-3-10(16)6-12(13)15/h2-7,18H,1H3. The van der Waals surface area contributed by atoms with Crippen molar-refractivity contribution in [1.29, 1.82) is 5.26 Å². The number of methoxy groups -OCH3 is 1. The molecule has 0 aliphatic heterocycles. The molecule has 0 unspecified atom stereocenters. The molecule has 0 saturated carbocycles. The van der Waals surface area contributed by atoms with Crippen molar-refractivity contribution in [3.05, 3.63) is 52.8 Å². The zero-order valence-corrected chi connectivity index (χ0v) is 10.8. The normalized spacial score (nSPS) is 9.79. The van der Waals surface area contributed by atoms with Crippen molar-refractivity contribution in [3.8, 4) is 11.8 Å². The van der Waals surface area contributed by atoms with Gasteiger partial charge < -0.3 is 10.1 Å². The summed E-state index contributed by atoms with van der Waals surface area (Å²) < 4.78 is 18.1. The van der Waals surface area contributed by atoms with Crippen molar-refractivity contribution in [2.24, 2.45) is 0 Å². The first kappa shape index (κ1) is 13.2. The van der Waals surface area contributed by atoms with E-state index in [1.54, 1.807) is 18.2 Å². The van der Waals surface area contributed by atoms with Crippen LogP contribution in [-0.4, -0.2) is 7.11 Å². The van der Waals surface area contributed by atoms with Crippen LogP contribution in [0.4, 0.5) is 15.8 Å². The molecule has 0 aromatic heterocycles. The second kappa shape index (κ2) is 5.59. The fraction of sp³-hybridized carbons (Fsp3) is 0.0714. The zero-order valence-electron chi connectivity index (χ0n) is 10.1. The number of nitrogens with zero attached hydrogens (tertiary/aromatic N) is 1. The van der Waals surface area contributed by atoms with E-state index in [2.05, 4.69) is 11.4 Å². The van der Waals surface area contributed by atoms with E-state index in [9.17, 15) is 4.39 Å². The highest BCUT2D eigenvalue weighted by molar-refractivity contribution is 6.33. The number of halogens is 2. The highest BCUT2D eigenvalue weighted by Crippen LogP contribution is 2.29. The van der Waals surface area contributed by atoms with Gasteiger partial charge in [0.1, 0.15) is 17.6 Å². The van der Waals surface area contributed by atoms with Gasteiger partial charge in [-0.3, -0.25) is 0 Å². The summed E-state index contributed by atoms with van der Waals surface area (Å²) in [6.07, 6.45) is 0. The molecule has 5 heteroatoms. The molecule has 0 radical (unpaired) electrons. The van der Waals surface area contributed by atoms with Crippen LogP contribution in [0.1, 0.15) is 5.56 Å². The molecule has 0 saturated heterocycles. The maximum absolute atomic E-state index is 13.0. The number of hydrogen-bond donors (Lipinski definition) is 1. The summed E-state index contributed by atoms with van der Waals surface area (Å²) in [6.45, 7) is 0. The summed E-state index contributed by atoms with van der Waals surface area (Å²) in [4.78, 5) is 0. The molecule has 0 fully saturated rings. The third kappa shape index (κ3) is 2.95. The van der Waals surface area contributed by atoms with Crippen LogP contribution in [0.5, 0.6) is 5.75 Å². The molecular formula is C14H10ClFN2O. The quantitative estimate of drug-likeness (QED) is 0.918. The summed E-state index contributed by atoms with van der Waals surface area (Å²) >= 11 is 5.93. The lowest BCUT2D eigenvalue weighted by Gasteiger charge is -2.11. The van der Waals surface area contributed by atoms with Gasteiger partial charge in [-0.05, 0) is 30.3 Å². The molecule has 0 amide bonds. The number of nitrogens with one attached hydrogen (secondary N) is 1. The Morgan fingerprint density at radius 2 is 2.00 bits per heavy atom. The average Bonchev–Trinajstić information content (AvgIpc) is 2.41. The second-order valence-corrected chi connectivity index (χ2v) is 4.18. The molecule has 0 aliphatic rings. The Morgan fingerprint density at radius 1 is 1.21 bits per heavy atom. The number of nitriles is 1. The van der Waals surface area contributed by atoms with Crippen molar-refractivity contribution < 1.29 is 9.13 Å². The molecule has 0 atom stereocenters. The van der Waals surface area contributed by atoms with Crippen molar-refractivity contribution in [3.63, 3.8) is 0 Å². The van der Waals surface area contributed by atoms with E-state index in [-0.39, 0.29) is 5.02 Å². The Hall–Kier alpha value is -2.25. The number of benzene rings is 2. The Kier molecular flexibility index (Phi) is 3.88. The van der Waals surface area contributed by atoms with Crippen LogP contribution < -0.4 is 10.1 Å². The van der Waals surface area contributed by atoms with Crippen molar-refractivity contribution in [1.82, 2.24) is 0 Å². The van der Waals surface area contributed by atoms with E-state index >= 15 is 0 Å². The minimum absolute atomic E-state index is 0.242. The van der Waals surface area contributed by atoms with Crippen LogP contribution in [0.25, 0.3) is 0 Å². The monoisotopic (exact) mass is 276 g/mol. The van der Waals surface area contributed by atoms with Gasteiger partial charge in [0.05, 0.1) is 29.1 Å². The second-order valence-electron chi connectivity index (χ2n) is 3.77. The lowest BCUT2D eigenvalue weighted by molar-refractivity contribution is 0.415. The topological polar surface area (TPSA) is 45.0 Å². The molecule has 3 nitrogen and oxygen atoms in total. The van der Waals surface area contributed by atoms with Crippen molar-refractivity contribution in [2.45, 2.75) is 0 Å². The summed E-state index contributed by atoms with van der Waals surface area (Å²) in [5, 5.41) is 12.3. The van der Waals surface area contributed by atoms with E-state index < -0.39 is 5.82 Å². The Bertz CT molecular complexity index is 652. The SMILES string of the molecule is COc1ccc(C#N)c(Nc2ccc(F)cc2Cl)c1. The van der Waals surface area contributed by atoms with Gasteiger partial charge in [0.15, 0.2) is 0 Å². The molecular weight excluding hydrogens is 267 g/mol. The largest absolute Gasteiger partial charge is 0.497 e. The fourth-order valence-electron chi connectivity index (χ4n) is 1.59. The van der Waals surface area contributed by atoms with E-state index in [1.165, 1.54) is 25.3 Å². The fourth-order valence-corrected chi connectivity index (χ4v) is 1.80. The van der Waals surface area contributed by atoms with E-state index in [1.807, 2.05) is 0 Å². The minimum atomic E-state index is -0.415. The summed E-state index contributed by atoms with van der Waals surface area (Å²) in [5.41, 5.74) is 1.52. The summed E-state index contributed by atoms with van der Waals surface area (Å²) in [6, 6.07) is 11.1. The molecule has 0 bridgehead atoms. The lowest BCUT2D eigenvalue weighted by Crippen LogP contribution is -1.96. The zero-order chi connectivity index (χ0) is 13.8. The predicted molar refractivity (Wildman–Crippen MR) is 72.4 cm³/mol. The molecule has 0 aliphatic carbocycles. The highest BCUT2D eigenvalue weighted by atomic mass is 35.5. The molecule has 96 valence electrons. The highest BCUT2D eigenvalue weighted by Gasteiger charge is 2.07.